The molecule has 1 aromatic rings. The van der Waals surface area contributed by atoms with Crippen LogP contribution in [-0.2, 0) is 0 Å². The average molecular weight is 293 g/mol. The third-order valence-electron chi connectivity index (χ3n) is 3.96. The van der Waals surface area contributed by atoms with Gasteiger partial charge in [0.05, 0.1) is 5.69 Å². The second kappa shape index (κ2) is 7.41. The molecule has 0 atom stereocenters. The topological polar surface area (TPSA) is 44.4 Å². The summed E-state index contributed by atoms with van der Waals surface area (Å²) >= 11 is 0. The molecule has 2 N–H and O–H groups in total. The Balaban J connectivity index is 1.71. The van der Waals surface area contributed by atoms with Crippen LogP contribution in [0.3, 0.4) is 0 Å². The maximum absolute atomic E-state index is 13.5. The lowest BCUT2D eigenvalue weighted by Crippen LogP contribution is -2.40. The highest BCUT2D eigenvalue weighted by molar-refractivity contribution is 5.89. The number of nitrogens with one attached hydrogen (secondary N) is 2. The zero-order valence-corrected chi connectivity index (χ0v) is 12.8. The molecule has 1 aliphatic heterocycles. The number of aryl methyl sites for hydroxylation is 1. The molecule has 0 bridgehead atoms. The predicted molar refractivity (Wildman–Crippen MR) is 83.0 cm³/mol. The molecule has 2 rings (SSSR count). The Morgan fingerprint density at radius 2 is 2.10 bits per heavy atom. The number of halogens is 1. The van der Waals surface area contributed by atoms with Crippen LogP contribution >= 0.6 is 0 Å². The van der Waals surface area contributed by atoms with Crippen molar-refractivity contribution in [3.63, 3.8) is 0 Å². The van der Waals surface area contributed by atoms with E-state index in [4.69, 9.17) is 0 Å². The molecule has 1 aromatic carbocycles. The Bertz CT molecular complexity index is 484. The SMILES string of the molecule is Cc1ccc(F)c(NC(=O)NCCN2CCC(C)CC2)c1. The van der Waals surface area contributed by atoms with Crippen molar-refractivity contribution in [3.8, 4) is 0 Å². The molecule has 0 spiro atoms. The number of carbonyl (C=O) groups excluding carboxylic acids is 1. The predicted octanol–water partition coefficient (Wildman–Crippen LogP) is 2.99. The van der Waals surface area contributed by atoms with Crippen LogP contribution in [0.25, 0.3) is 0 Å². The quantitative estimate of drug-likeness (QED) is 0.896. The summed E-state index contributed by atoms with van der Waals surface area (Å²) in [6.45, 7) is 7.75. The minimum Gasteiger partial charge on any atom is -0.337 e. The molecule has 0 aliphatic carbocycles. The molecule has 1 heterocycles. The van der Waals surface area contributed by atoms with Gasteiger partial charge in [-0.1, -0.05) is 13.0 Å². The Kier molecular flexibility index (Phi) is 5.56. The number of likely N-dealkylation sites (tertiary alicyclic amines) is 1. The van der Waals surface area contributed by atoms with Crippen LogP contribution in [0.5, 0.6) is 0 Å². The van der Waals surface area contributed by atoms with Gasteiger partial charge in [0.15, 0.2) is 0 Å². The molecule has 0 unspecified atom stereocenters. The number of hydrogen-bond acceptors (Lipinski definition) is 2. The van der Waals surface area contributed by atoms with Gasteiger partial charge in [-0.15, -0.1) is 0 Å². The molecule has 0 saturated carbocycles. The highest BCUT2D eigenvalue weighted by Crippen LogP contribution is 2.16. The van der Waals surface area contributed by atoms with Gasteiger partial charge in [-0.25, -0.2) is 9.18 Å². The smallest absolute Gasteiger partial charge is 0.319 e. The van der Waals surface area contributed by atoms with Crippen LogP contribution in [-0.4, -0.2) is 37.1 Å². The van der Waals surface area contributed by atoms with Crippen LogP contribution in [0, 0.1) is 18.7 Å². The Morgan fingerprint density at radius 1 is 1.38 bits per heavy atom. The first-order valence-corrected chi connectivity index (χ1v) is 7.58. The van der Waals surface area contributed by atoms with Gasteiger partial charge in [0.25, 0.3) is 0 Å². The van der Waals surface area contributed by atoms with E-state index in [0.717, 1.165) is 31.1 Å². The fraction of sp³-hybridized carbons (Fsp3) is 0.562. The van der Waals surface area contributed by atoms with Gasteiger partial charge in [0.2, 0.25) is 0 Å². The summed E-state index contributed by atoms with van der Waals surface area (Å²) in [6, 6.07) is 4.31. The zero-order chi connectivity index (χ0) is 15.2. The van der Waals surface area contributed by atoms with E-state index in [-0.39, 0.29) is 11.7 Å². The largest absolute Gasteiger partial charge is 0.337 e. The molecule has 0 aromatic heterocycles. The molecule has 116 valence electrons. The van der Waals surface area contributed by atoms with Gasteiger partial charge in [0, 0.05) is 13.1 Å². The van der Waals surface area contributed by atoms with Crippen LogP contribution in [0.1, 0.15) is 25.3 Å². The van der Waals surface area contributed by atoms with E-state index in [0.29, 0.717) is 6.54 Å². The monoisotopic (exact) mass is 293 g/mol. The van der Waals surface area contributed by atoms with E-state index in [1.54, 1.807) is 12.1 Å². The number of piperidine rings is 1. The van der Waals surface area contributed by atoms with Crippen LogP contribution in [0.15, 0.2) is 18.2 Å². The van der Waals surface area contributed by atoms with Crippen molar-refractivity contribution in [2.45, 2.75) is 26.7 Å². The standard InChI is InChI=1S/C16H24FN3O/c1-12-5-8-20(9-6-12)10-7-18-16(21)19-15-11-13(2)3-4-14(15)17/h3-4,11-12H,5-10H2,1-2H3,(H2,18,19,21). The molecule has 1 fully saturated rings. The lowest BCUT2D eigenvalue weighted by molar-refractivity contribution is 0.192. The molecule has 4 nitrogen and oxygen atoms in total. The second-order valence-corrected chi connectivity index (χ2v) is 5.89. The van der Waals surface area contributed by atoms with E-state index in [1.165, 1.54) is 18.9 Å². The number of urea groups is 1. The van der Waals surface area contributed by atoms with Crippen LogP contribution < -0.4 is 10.6 Å². The maximum Gasteiger partial charge on any atom is 0.319 e. The summed E-state index contributed by atoms with van der Waals surface area (Å²) in [5.41, 5.74) is 1.13. The van der Waals surface area contributed by atoms with Gasteiger partial charge in [0.1, 0.15) is 5.82 Å². The van der Waals surface area contributed by atoms with E-state index >= 15 is 0 Å². The Hall–Kier alpha value is -1.62. The van der Waals surface area contributed by atoms with Gasteiger partial charge in [-0.3, -0.25) is 0 Å². The number of anilines is 1. The summed E-state index contributed by atoms with van der Waals surface area (Å²) < 4.78 is 13.5. The normalized spacial score (nSPS) is 16.7. The lowest BCUT2D eigenvalue weighted by atomic mass is 9.99. The Labute approximate surface area is 125 Å². The summed E-state index contributed by atoms with van der Waals surface area (Å²) in [6.07, 6.45) is 2.45. The number of rotatable bonds is 4. The lowest BCUT2D eigenvalue weighted by Gasteiger charge is -2.30. The van der Waals surface area contributed by atoms with Crippen LogP contribution in [0.2, 0.25) is 0 Å². The first kappa shape index (κ1) is 15.8. The van der Waals surface area contributed by atoms with Crippen molar-refractivity contribution in [3.05, 3.63) is 29.6 Å². The number of hydrogen-bond donors (Lipinski definition) is 2. The molecule has 21 heavy (non-hydrogen) atoms. The van der Waals surface area contributed by atoms with Gasteiger partial charge in [-0.2, -0.15) is 0 Å². The number of nitrogens with zero attached hydrogens (tertiary/aromatic N) is 1. The fourth-order valence-corrected chi connectivity index (χ4v) is 2.51. The summed E-state index contributed by atoms with van der Waals surface area (Å²) in [4.78, 5) is 14.1. The van der Waals surface area contributed by atoms with E-state index in [9.17, 15) is 9.18 Å². The molecule has 5 heteroatoms. The van der Waals surface area contributed by atoms with Gasteiger partial charge in [-0.05, 0) is 56.5 Å². The number of carbonyl (C=O) groups is 1. The second-order valence-electron chi connectivity index (χ2n) is 5.89. The van der Waals surface area contributed by atoms with Crippen molar-refractivity contribution in [2.75, 3.05) is 31.5 Å². The van der Waals surface area contributed by atoms with Gasteiger partial charge >= 0.3 is 6.03 Å². The third-order valence-corrected chi connectivity index (χ3v) is 3.96. The average Bonchev–Trinajstić information content (AvgIpc) is 2.45. The van der Waals surface area contributed by atoms with Crippen molar-refractivity contribution < 1.29 is 9.18 Å². The van der Waals surface area contributed by atoms with Crippen molar-refractivity contribution >= 4 is 11.7 Å². The van der Waals surface area contributed by atoms with E-state index < -0.39 is 5.82 Å². The first-order valence-electron chi connectivity index (χ1n) is 7.58. The van der Waals surface area contributed by atoms with Crippen molar-refractivity contribution in [1.29, 1.82) is 0 Å². The minimum atomic E-state index is -0.416. The summed E-state index contributed by atoms with van der Waals surface area (Å²) in [7, 11) is 0. The van der Waals surface area contributed by atoms with E-state index in [1.807, 2.05) is 6.92 Å². The zero-order valence-electron chi connectivity index (χ0n) is 12.8. The molecule has 2 amide bonds. The third kappa shape index (κ3) is 5.01. The highest BCUT2D eigenvalue weighted by Gasteiger charge is 2.15. The molecular weight excluding hydrogens is 269 g/mol. The Morgan fingerprint density at radius 3 is 2.81 bits per heavy atom. The van der Waals surface area contributed by atoms with Gasteiger partial charge < -0.3 is 15.5 Å². The van der Waals surface area contributed by atoms with E-state index in [2.05, 4.69) is 22.5 Å². The number of amides is 2. The molecule has 0 radical (unpaired) electrons. The highest BCUT2D eigenvalue weighted by atomic mass is 19.1. The summed E-state index contributed by atoms with van der Waals surface area (Å²) in [5.74, 6) is 0.391. The van der Waals surface area contributed by atoms with Crippen molar-refractivity contribution in [1.82, 2.24) is 10.2 Å². The fourth-order valence-electron chi connectivity index (χ4n) is 2.51. The molecular formula is C16H24FN3O. The molecule has 1 aliphatic rings. The van der Waals surface area contributed by atoms with Crippen molar-refractivity contribution in [2.24, 2.45) is 5.92 Å². The molecule has 1 saturated heterocycles. The maximum atomic E-state index is 13.5. The van der Waals surface area contributed by atoms with Crippen LogP contribution in [0.4, 0.5) is 14.9 Å². The summed E-state index contributed by atoms with van der Waals surface area (Å²) in [5, 5.41) is 5.33. The minimum absolute atomic E-state index is 0.222. The first-order chi connectivity index (χ1) is 10.0. The number of benzene rings is 1.